The van der Waals surface area contributed by atoms with Gasteiger partial charge in [0, 0.05) is 44.8 Å². The fourth-order valence-electron chi connectivity index (χ4n) is 4.13. The second-order valence-electron chi connectivity index (χ2n) is 9.07. The molecule has 0 saturated heterocycles. The molecule has 4 aromatic rings. The molecule has 3 aromatic heterocycles. The molecule has 6 N–H and O–H groups in total. The number of amides is 2. The molecule has 0 aliphatic carbocycles. The Morgan fingerprint density at radius 2 is 1.98 bits per heavy atom. The molecule has 19 heteroatoms. The van der Waals surface area contributed by atoms with Crippen LogP contribution in [-0.4, -0.2) is 75.2 Å². The quantitative estimate of drug-likeness (QED) is 0.0978. The average molecular weight is 648 g/mol. The van der Waals surface area contributed by atoms with E-state index in [9.17, 15) is 27.6 Å². The first kappa shape index (κ1) is 32.7. The van der Waals surface area contributed by atoms with Gasteiger partial charge in [0.15, 0.2) is 22.9 Å². The minimum absolute atomic E-state index is 0.0204. The van der Waals surface area contributed by atoms with Gasteiger partial charge in [-0.05, 0) is 12.1 Å². The summed E-state index contributed by atoms with van der Waals surface area (Å²) >= 11 is 6.43. The lowest BCUT2D eigenvalue weighted by atomic mass is 10.1. The molecular formula is C26H25ClF3N11O4. The summed E-state index contributed by atoms with van der Waals surface area (Å²) in [5, 5.41) is 23.2. The number of halogens is 4. The summed E-state index contributed by atoms with van der Waals surface area (Å²) < 4.78 is 48.5. The van der Waals surface area contributed by atoms with Crippen molar-refractivity contribution in [2.45, 2.75) is 12.7 Å². The zero-order valence-corrected chi connectivity index (χ0v) is 23.9. The molecular weight excluding hydrogens is 623 g/mol. The number of ether oxygens (including phenoxy) is 1. The van der Waals surface area contributed by atoms with E-state index in [-0.39, 0.29) is 76.8 Å². The van der Waals surface area contributed by atoms with Crippen LogP contribution < -0.4 is 31.7 Å². The molecule has 1 aromatic carbocycles. The third-order valence-electron chi connectivity index (χ3n) is 6.07. The van der Waals surface area contributed by atoms with Gasteiger partial charge in [0.05, 0.1) is 46.3 Å². The monoisotopic (exact) mass is 647 g/mol. The summed E-state index contributed by atoms with van der Waals surface area (Å²) in [7, 11) is 0. The Morgan fingerprint density at radius 3 is 2.69 bits per heavy atom. The lowest BCUT2D eigenvalue weighted by molar-refractivity contribution is -0.141. The van der Waals surface area contributed by atoms with E-state index >= 15 is 0 Å². The molecule has 0 spiro atoms. The lowest BCUT2D eigenvalue weighted by Gasteiger charge is -2.15. The van der Waals surface area contributed by atoms with E-state index < -0.39 is 24.3 Å². The van der Waals surface area contributed by atoms with Crippen molar-refractivity contribution >= 4 is 47.0 Å². The van der Waals surface area contributed by atoms with Crippen LogP contribution in [0, 0.1) is 11.3 Å². The van der Waals surface area contributed by atoms with Gasteiger partial charge in [-0.2, -0.15) is 23.5 Å². The van der Waals surface area contributed by atoms with Crippen LogP contribution in [0.1, 0.15) is 16.1 Å². The fraction of sp³-hybridized carbons (Fsp3) is 0.269. The number of nitrogens with zero attached hydrogens (tertiary/aromatic N) is 6. The van der Waals surface area contributed by atoms with Crippen LogP contribution in [0.2, 0.25) is 5.02 Å². The molecule has 4 rings (SSSR count). The number of imidazole rings is 1. The third-order valence-corrected chi connectivity index (χ3v) is 6.44. The van der Waals surface area contributed by atoms with Crippen molar-refractivity contribution in [3.05, 3.63) is 53.2 Å². The number of nitrogens with one attached hydrogen (secondary N) is 4. The van der Waals surface area contributed by atoms with Crippen LogP contribution in [0.5, 0.6) is 5.75 Å². The highest BCUT2D eigenvalue weighted by Crippen LogP contribution is 2.39. The smallest absolute Gasteiger partial charge is 0.425 e. The van der Waals surface area contributed by atoms with Crippen molar-refractivity contribution in [3.63, 3.8) is 0 Å². The maximum Gasteiger partial charge on any atom is 0.435 e. The maximum absolute atomic E-state index is 13.8. The van der Waals surface area contributed by atoms with Gasteiger partial charge in [-0.1, -0.05) is 11.6 Å². The van der Waals surface area contributed by atoms with Gasteiger partial charge in [0.1, 0.15) is 6.54 Å². The number of anilines is 2. The Bertz CT molecular complexity index is 1750. The normalized spacial score (nSPS) is 11.2. The molecule has 2 amide bonds. The predicted octanol–water partition coefficient (Wildman–Crippen LogP) is 1.46. The summed E-state index contributed by atoms with van der Waals surface area (Å²) in [4.78, 5) is 44.1. The van der Waals surface area contributed by atoms with E-state index in [0.717, 1.165) is 10.9 Å². The number of benzene rings is 1. The summed E-state index contributed by atoms with van der Waals surface area (Å²) in [5.41, 5.74) is 4.00. The molecule has 0 saturated carbocycles. The van der Waals surface area contributed by atoms with Crippen molar-refractivity contribution < 1.29 is 32.3 Å². The molecule has 0 fully saturated rings. The predicted molar refractivity (Wildman–Crippen MR) is 154 cm³/mol. The van der Waals surface area contributed by atoms with Gasteiger partial charge in [-0.25, -0.2) is 9.97 Å². The van der Waals surface area contributed by atoms with E-state index in [0.29, 0.717) is 13.1 Å². The Balaban J connectivity index is 1.56. The first-order chi connectivity index (χ1) is 21.6. The lowest BCUT2D eigenvalue weighted by Crippen LogP contribution is -2.39. The largest absolute Gasteiger partial charge is 0.435 e. The number of aromatic nitrogens is 5. The highest BCUT2D eigenvalue weighted by Gasteiger charge is 2.38. The Labute approximate surface area is 257 Å². The molecule has 0 unspecified atom stereocenters. The Kier molecular flexibility index (Phi) is 10.5. The summed E-state index contributed by atoms with van der Waals surface area (Å²) in [6.45, 7) is 0.806. The van der Waals surface area contributed by atoms with Crippen LogP contribution in [0.15, 0.2) is 36.9 Å². The van der Waals surface area contributed by atoms with Gasteiger partial charge in [0.25, 0.3) is 12.4 Å². The second kappa shape index (κ2) is 14.5. The van der Waals surface area contributed by atoms with Gasteiger partial charge in [0.2, 0.25) is 5.91 Å². The highest BCUT2D eigenvalue weighted by molar-refractivity contribution is 6.36. The van der Waals surface area contributed by atoms with E-state index in [2.05, 4.69) is 36.3 Å². The Morgan fingerprint density at radius 1 is 1.18 bits per heavy atom. The molecule has 0 atom stereocenters. The molecule has 3 heterocycles. The number of nitrogens with two attached hydrogens (primary N) is 1. The van der Waals surface area contributed by atoms with Crippen LogP contribution in [0.25, 0.3) is 16.9 Å². The van der Waals surface area contributed by atoms with Crippen molar-refractivity contribution in [2.75, 3.05) is 38.0 Å². The number of nitriles is 1. The third kappa shape index (κ3) is 7.64. The van der Waals surface area contributed by atoms with Gasteiger partial charge < -0.3 is 31.7 Å². The first-order valence-corrected chi connectivity index (χ1v) is 13.5. The van der Waals surface area contributed by atoms with Gasteiger partial charge in [-0.15, -0.1) is 0 Å². The number of hydrogen-bond acceptors (Lipinski definition) is 11. The summed E-state index contributed by atoms with van der Waals surface area (Å²) in [6.07, 6.45) is 0.161. The van der Waals surface area contributed by atoms with Crippen molar-refractivity contribution in [2.24, 2.45) is 5.73 Å². The SMILES string of the molecule is N#CCn1cc(-c2cnc3c(Nc4ccc(C(=O)NCCNCC(=O)NCCN)c(Cl)c4OC=O)nccn23)c(C(F)(F)F)n1. The maximum atomic E-state index is 13.8. The van der Waals surface area contributed by atoms with Crippen molar-refractivity contribution in [1.29, 1.82) is 5.26 Å². The highest BCUT2D eigenvalue weighted by atomic mass is 35.5. The number of carbonyl (C=O) groups excluding carboxylic acids is 3. The van der Waals surface area contributed by atoms with Gasteiger partial charge in [-0.3, -0.25) is 23.5 Å². The van der Waals surface area contributed by atoms with E-state index in [4.69, 9.17) is 27.3 Å². The molecule has 0 aliphatic heterocycles. The molecule has 0 radical (unpaired) electrons. The van der Waals surface area contributed by atoms with E-state index in [1.165, 1.54) is 35.1 Å². The van der Waals surface area contributed by atoms with Gasteiger partial charge >= 0.3 is 6.18 Å². The number of carbonyl (C=O) groups is 3. The summed E-state index contributed by atoms with van der Waals surface area (Å²) in [5.74, 6) is -1.01. The zero-order chi connectivity index (χ0) is 32.6. The number of hydrogen-bond donors (Lipinski definition) is 5. The zero-order valence-electron chi connectivity index (χ0n) is 23.2. The minimum atomic E-state index is -4.81. The molecule has 45 heavy (non-hydrogen) atoms. The fourth-order valence-corrected chi connectivity index (χ4v) is 4.43. The van der Waals surface area contributed by atoms with Crippen molar-refractivity contribution in [3.8, 4) is 23.1 Å². The van der Waals surface area contributed by atoms with Crippen LogP contribution in [0.3, 0.4) is 0 Å². The van der Waals surface area contributed by atoms with Crippen LogP contribution in [0.4, 0.5) is 24.7 Å². The summed E-state index contributed by atoms with van der Waals surface area (Å²) in [6, 6.07) is 4.50. The number of fused-ring (bicyclic) bond motifs is 1. The molecule has 236 valence electrons. The van der Waals surface area contributed by atoms with Crippen LogP contribution >= 0.6 is 11.6 Å². The van der Waals surface area contributed by atoms with Crippen molar-refractivity contribution in [1.82, 2.24) is 40.1 Å². The van der Waals surface area contributed by atoms with E-state index in [1.54, 1.807) is 6.07 Å². The second-order valence-corrected chi connectivity index (χ2v) is 9.45. The first-order valence-electron chi connectivity index (χ1n) is 13.1. The van der Waals surface area contributed by atoms with E-state index in [1.807, 2.05) is 0 Å². The molecule has 15 nitrogen and oxygen atoms in total. The standard InChI is InChI=1S/C26H25ClF3N11O4/c27-20-15(25(44)36-7-6-33-12-19(43)34-5-3-31)1-2-17(21(20)45-14-42)38-23-24-37-11-18(41(24)10-8-35-23)16-13-40(9-4-32)39-22(16)26(28,29)30/h1-2,8,10-11,13-14,33H,3,5-7,9,12,31H2,(H,34,43)(H,35,38)(H,36,44). The number of rotatable bonds is 14. The minimum Gasteiger partial charge on any atom is -0.425 e. The Hall–Kier alpha value is -5.25. The topological polar surface area (TPSA) is 206 Å². The molecule has 0 bridgehead atoms. The molecule has 0 aliphatic rings. The average Bonchev–Trinajstić information content (AvgIpc) is 3.63. The van der Waals surface area contributed by atoms with Crippen LogP contribution in [-0.2, 0) is 22.3 Å². The number of alkyl halides is 3.